The molecule has 12 nitrogen and oxygen atoms in total. The molecule has 2 unspecified atom stereocenters. The van der Waals surface area contributed by atoms with Crippen LogP contribution in [0.2, 0.25) is 5.02 Å². The van der Waals surface area contributed by atoms with Crippen molar-refractivity contribution in [1.29, 1.82) is 0 Å². The fraction of sp³-hybridized carbons (Fsp3) is 0.333. The highest BCUT2D eigenvalue weighted by atomic mass is 35.5. The third-order valence-corrected chi connectivity index (χ3v) is 9.09. The van der Waals surface area contributed by atoms with Crippen molar-refractivity contribution in [2.45, 2.75) is 38.0 Å². The summed E-state index contributed by atoms with van der Waals surface area (Å²) in [5, 5.41) is 11.2. The van der Waals surface area contributed by atoms with Crippen molar-refractivity contribution in [2.75, 3.05) is 54.1 Å². The molecule has 0 saturated carbocycles. The van der Waals surface area contributed by atoms with Crippen molar-refractivity contribution in [3.8, 4) is 40.2 Å². The van der Waals surface area contributed by atoms with Crippen LogP contribution in [-0.4, -0.2) is 60.4 Å². The third kappa shape index (κ3) is 8.02. The van der Waals surface area contributed by atoms with Gasteiger partial charge in [0.25, 0.3) is 5.91 Å². The number of anilines is 1. The van der Waals surface area contributed by atoms with Gasteiger partial charge in [-0.15, -0.1) is 0 Å². The first-order valence-corrected chi connectivity index (χ1v) is 17.2. The van der Waals surface area contributed by atoms with Gasteiger partial charge in [0.15, 0.2) is 40.6 Å². The number of unbranched alkanes of at least 4 members (excludes halogenated alkanes) is 2. The van der Waals surface area contributed by atoms with Gasteiger partial charge in [0.2, 0.25) is 5.75 Å². The molecule has 0 radical (unpaired) electrons. The number of rotatable bonds is 16. The van der Waals surface area contributed by atoms with E-state index in [1.165, 1.54) is 0 Å². The van der Waals surface area contributed by atoms with E-state index in [-0.39, 0.29) is 12.0 Å². The number of nitrogens with zero attached hydrogens (tertiary/aromatic N) is 1. The predicted molar refractivity (Wildman–Crippen MR) is 197 cm³/mol. The normalized spacial score (nSPS) is 16.0. The molecule has 13 heteroatoms. The number of benzene rings is 4. The molecule has 0 bridgehead atoms. The van der Waals surface area contributed by atoms with E-state index < -0.39 is 6.17 Å². The van der Waals surface area contributed by atoms with E-state index in [0.717, 1.165) is 41.7 Å². The molecule has 2 N–H and O–H groups in total. The van der Waals surface area contributed by atoms with Crippen molar-refractivity contribution in [1.82, 2.24) is 5.32 Å². The zero-order chi connectivity index (χ0) is 36.6. The second kappa shape index (κ2) is 16.7. The van der Waals surface area contributed by atoms with Crippen molar-refractivity contribution in [2.24, 2.45) is 5.16 Å². The van der Waals surface area contributed by atoms with Gasteiger partial charge in [-0.1, -0.05) is 28.9 Å². The van der Waals surface area contributed by atoms with Gasteiger partial charge in [0.1, 0.15) is 6.17 Å². The van der Waals surface area contributed by atoms with Gasteiger partial charge in [-0.3, -0.25) is 4.79 Å². The molecule has 52 heavy (non-hydrogen) atoms. The molecule has 0 fully saturated rings. The van der Waals surface area contributed by atoms with Crippen molar-refractivity contribution < 1.29 is 42.8 Å². The summed E-state index contributed by atoms with van der Waals surface area (Å²) >= 11 is 6.07. The number of nitrogens with one attached hydrogen (secondary N) is 2. The number of ether oxygens (including phenoxy) is 7. The Labute approximate surface area is 307 Å². The van der Waals surface area contributed by atoms with E-state index in [2.05, 4.69) is 15.8 Å². The molecule has 0 spiro atoms. The summed E-state index contributed by atoms with van der Waals surface area (Å²) in [7, 11) is 7.95. The maximum absolute atomic E-state index is 12.7. The van der Waals surface area contributed by atoms with Crippen LogP contribution in [0.3, 0.4) is 0 Å². The second-order valence-corrected chi connectivity index (χ2v) is 12.5. The van der Waals surface area contributed by atoms with Gasteiger partial charge in [-0.05, 0) is 85.0 Å². The minimum Gasteiger partial charge on any atom is -0.493 e. The van der Waals surface area contributed by atoms with Gasteiger partial charge in [-0.2, -0.15) is 0 Å². The maximum Gasteiger partial charge on any atom is 0.255 e. The maximum atomic E-state index is 12.7. The summed E-state index contributed by atoms with van der Waals surface area (Å²) in [5.41, 5.74) is 4.57. The lowest BCUT2D eigenvalue weighted by Gasteiger charge is -2.28. The summed E-state index contributed by atoms with van der Waals surface area (Å²) in [6.45, 7) is 1.01. The number of hydrogen-bond acceptors (Lipinski definition) is 11. The van der Waals surface area contributed by atoms with E-state index in [1.807, 2.05) is 48.5 Å². The van der Waals surface area contributed by atoms with E-state index >= 15 is 0 Å². The molecule has 0 aliphatic carbocycles. The highest BCUT2D eigenvalue weighted by Gasteiger charge is 2.28. The van der Waals surface area contributed by atoms with Crippen LogP contribution in [0.25, 0.3) is 0 Å². The Balaban J connectivity index is 0.976. The van der Waals surface area contributed by atoms with Crippen molar-refractivity contribution >= 4 is 28.9 Å². The third-order valence-electron chi connectivity index (χ3n) is 8.85. The average Bonchev–Trinajstić information content (AvgIpc) is 3.67. The van der Waals surface area contributed by atoms with E-state index in [1.54, 1.807) is 53.7 Å². The molecule has 0 saturated heterocycles. The molecule has 4 aromatic carbocycles. The second-order valence-electron chi connectivity index (χ2n) is 12.1. The summed E-state index contributed by atoms with van der Waals surface area (Å²) in [6, 6.07) is 20.3. The Bertz CT molecular complexity index is 1910. The molecule has 2 atom stereocenters. The van der Waals surface area contributed by atoms with Crippen molar-refractivity contribution in [3.05, 3.63) is 94.0 Å². The summed E-state index contributed by atoms with van der Waals surface area (Å²) < 4.78 is 39.9. The smallest absolute Gasteiger partial charge is 0.255 e. The Kier molecular flexibility index (Phi) is 11.6. The molecular weight excluding hydrogens is 690 g/mol. The number of oxime groups is 1. The number of hydrogen-bond donors (Lipinski definition) is 2. The fourth-order valence-electron chi connectivity index (χ4n) is 6.11. The summed E-state index contributed by atoms with van der Waals surface area (Å²) in [5.74, 6) is 3.91. The molecule has 4 aromatic rings. The Morgan fingerprint density at radius 2 is 1.35 bits per heavy atom. The minimum atomic E-state index is -0.423. The lowest BCUT2D eigenvalue weighted by molar-refractivity contribution is 0.0854. The highest BCUT2D eigenvalue weighted by molar-refractivity contribution is 6.31. The lowest BCUT2D eigenvalue weighted by atomic mass is 9.99. The monoisotopic (exact) mass is 731 g/mol. The molecule has 1 amide bonds. The van der Waals surface area contributed by atoms with Crippen LogP contribution in [0, 0.1) is 0 Å². The van der Waals surface area contributed by atoms with E-state index in [0.29, 0.717) is 76.2 Å². The van der Waals surface area contributed by atoms with Crippen LogP contribution < -0.4 is 43.8 Å². The van der Waals surface area contributed by atoms with Crippen LogP contribution in [0.4, 0.5) is 5.69 Å². The molecule has 2 heterocycles. The summed E-state index contributed by atoms with van der Waals surface area (Å²) in [4.78, 5) is 18.5. The van der Waals surface area contributed by atoms with Crippen molar-refractivity contribution in [3.63, 3.8) is 0 Å². The minimum absolute atomic E-state index is 0.198. The first kappa shape index (κ1) is 36.3. The molecule has 274 valence electrons. The number of carbonyl (C=O) groups is 1. The largest absolute Gasteiger partial charge is 0.493 e. The van der Waals surface area contributed by atoms with Gasteiger partial charge in [0.05, 0.1) is 60.0 Å². The number of amides is 1. The number of fused-ring (bicyclic) bond motifs is 1. The van der Waals surface area contributed by atoms with Gasteiger partial charge >= 0.3 is 0 Å². The topological polar surface area (TPSA) is 127 Å². The quantitative estimate of drug-likeness (QED) is 0.111. The molecule has 2 aliphatic rings. The lowest BCUT2D eigenvalue weighted by Crippen LogP contribution is -2.38. The Morgan fingerprint density at radius 1 is 0.692 bits per heavy atom. The molecule has 2 aliphatic heterocycles. The average molecular weight is 732 g/mol. The van der Waals surface area contributed by atoms with Crippen LogP contribution in [0.5, 0.6) is 40.2 Å². The van der Waals surface area contributed by atoms with Crippen LogP contribution in [0.1, 0.15) is 65.0 Å². The molecule has 6 rings (SSSR count). The Hall–Kier alpha value is -5.49. The summed E-state index contributed by atoms with van der Waals surface area (Å²) in [6.07, 6.45) is 2.37. The molecular formula is C39H42ClN3O9. The zero-order valence-electron chi connectivity index (χ0n) is 29.7. The first-order valence-electron chi connectivity index (χ1n) is 16.9. The molecule has 0 aromatic heterocycles. The van der Waals surface area contributed by atoms with Gasteiger partial charge in [-0.25, -0.2) is 0 Å². The van der Waals surface area contributed by atoms with Crippen LogP contribution >= 0.6 is 11.6 Å². The highest BCUT2D eigenvalue weighted by Crippen LogP contribution is 2.41. The van der Waals surface area contributed by atoms with E-state index in [9.17, 15) is 4.79 Å². The van der Waals surface area contributed by atoms with Crippen LogP contribution in [-0.2, 0) is 4.84 Å². The van der Waals surface area contributed by atoms with E-state index in [4.69, 9.17) is 49.6 Å². The number of carbonyl (C=O) groups excluding carboxylic acids is 1. The zero-order valence-corrected chi connectivity index (χ0v) is 30.5. The standard InChI is InChI=1S/C39H42ClN3O9/c1-45-30-13-9-23(32-22-29(43-52-32)25-19-35(47-3)37(49-5)36(20-25)48-4)17-34(30)51-16-8-6-7-15-50-31-14-10-24(18-33(31)46-2)38-41-28-12-11-26(40)21-27(28)39(44)42-38/h9-14,17-21,32,38,41H,6-8,15-16,22H2,1-5H3,(H,42,44). The number of methoxy groups -OCH3 is 5. The van der Waals surface area contributed by atoms with Gasteiger partial charge < -0.3 is 48.6 Å². The Morgan fingerprint density at radius 3 is 2.04 bits per heavy atom. The fourth-order valence-corrected chi connectivity index (χ4v) is 6.28. The number of halogens is 1. The van der Waals surface area contributed by atoms with Crippen LogP contribution in [0.15, 0.2) is 71.9 Å². The SMILES string of the molecule is COc1cc(C2NC(=O)c3cc(Cl)ccc3N2)ccc1OCCCCCOc1cc(C2CC(c3cc(OC)c(OC)c(OC)c3)=NO2)ccc1OC. The van der Waals surface area contributed by atoms with Gasteiger partial charge in [0, 0.05) is 22.7 Å². The first-order chi connectivity index (χ1) is 25.3. The predicted octanol–water partition coefficient (Wildman–Crippen LogP) is 7.73.